The fourth-order valence-corrected chi connectivity index (χ4v) is 3.86. The summed E-state index contributed by atoms with van der Waals surface area (Å²) in [6.45, 7) is 3.33. The first-order valence-corrected chi connectivity index (χ1v) is 10.9. The van der Waals surface area contributed by atoms with Gasteiger partial charge in [-0.15, -0.1) is 0 Å². The lowest BCUT2D eigenvalue weighted by atomic mass is 10.1. The first kappa shape index (κ1) is 21.5. The number of rotatable bonds is 6. The van der Waals surface area contributed by atoms with Crippen molar-refractivity contribution in [3.8, 4) is 17.3 Å². The van der Waals surface area contributed by atoms with E-state index in [0.717, 1.165) is 12.1 Å². The first-order valence-electron chi connectivity index (χ1n) is 10.9. The van der Waals surface area contributed by atoms with Crippen LogP contribution in [0.25, 0.3) is 11.3 Å². The summed E-state index contributed by atoms with van der Waals surface area (Å²) in [7, 11) is 0. The second-order valence-electron chi connectivity index (χ2n) is 7.92. The molecule has 0 amide bonds. The van der Waals surface area contributed by atoms with Gasteiger partial charge in [0, 0.05) is 12.1 Å². The molecule has 32 heavy (non-hydrogen) atoms. The van der Waals surface area contributed by atoms with E-state index in [0.29, 0.717) is 11.3 Å². The van der Waals surface area contributed by atoms with E-state index in [9.17, 15) is 10.1 Å². The maximum atomic E-state index is 12.3. The molecule has 1 aromatic heterocycles. The van der Waals surface area contributed by atoms with Crippen LogP contribution in [0, 0.1) is 11.3 Å². The molecular formula is C25H26N6O. The number of anilines is 1. The van der Waals surface area contributed by atoms with Crippen molar-refractivity contribution in [2.75, 3.05) is 18.5 Å². The molecule has 2 heterocycles. The second-order valence-corrected chi connectivity index (χ2v) is 7.92. The van der Waals surface area contributed by atoms with Gasteiger partial charge in [0.1, 0.15) is 11.6 Å². The van der Waals surface area contributed by atoms with E-state index in [1.165, 1.54) is 44.3 Å². The van der Waals surface area contributed by atoms with Gasteiger partial charge in [0.05, 0.1) is 11.9 Å². The molecule has 1 aliphatic rings. The van der Waals surface area contributed by atoms with Crippen molar-refractivity contribution >= 4 is 12.2 Å². The van der Waals surface area contributed by atoms with Crippen LogP contribution in [-0.2, 0) is 6.54 Å². The highest BCUT2D eigenvalue weighted by Crippen LogP contribution is 2.19. The normalized spacial score (nSPS) is 14.7. The number of nitriles is 1. The zero-order valence-corrected chi connectivity index (χ0v) is 17.9. The highest BCUT2D eigenvalue weighted by Gasteiger charge is 2.13. The SMILES string of the molecule is N#Cc1c(-c2ccccc2)nc(NN=Cc2ccc(CN3CCCCCC3)cc2)[nH]c1=O. The summed E-state index contributed by atoms with van der Waals surface area (Å²) in [4.78, 5) is 21.8. The van der Waals surface area contributed by atoms with Gasteiger partial charge in [0.2, 0.25) is 5.95 Å². The van der Waals surface area contributed by atoms with Crippen LogP contribution < -0.4 is 11.0 Å². The van der Waals surface area contributed by atoms with Gasteiger partial charge in [-0.1, -0.05) is 67.4 Å². The molecule has 0 spiro atoms. The molecule has 2 aromatic carbocycles. The molecule has 7 heteroatoms. The van der Waals surface area contributed by atoms with Crippen molar-refractivity contribution in [2.45, 2.75) is 32.2 Å². The summed E-state index contributed by atoms with van der Waals surface area (Å²) in [6, 6.07) is 19.4. The Labute approximate surface area is 187 Å². The molecule has 1 saturated heterocycles. The number of hydrogen-bond acceptors (Lipinski definition) is 6. The largest absolute Gasteiger partial charge is 0.299 e. The third-order valence-corrected chi connectivity index (χ3v) is 5.55. The van der Waals surface area contributed by atoms with Gasteiger partial charge in [0.15, 0.2) is 0 Å². The Morgan fingerprint density at radius 3 is 2.47 bits per heavy atom. The van der Waals surface area contributed by atoms with Crippen molar-refractivity contribution in [1.29, 1.82) is 5.26 Å². The monoisotopic (exact) mass is 426 g/mol. The Morgan fingerprint density at radius 1 is 1.06 bits per heavy atom. The lowest BCUT2D eigenvalue weighted by molar-refractivity contribution is 0.277. The second kappa shape index (κ2) is 10.5. The minimum absolute atomic E-state index is 0.0225. The lowest BCUT2D eigenvalue weighted by Gasteiger charge is -2.19. The first-order chi connectivity index (χ1) is 15.7. The molecule has 0 bridgehead atoms. The fraction of sp³-hybridized carbons (Fsp3) is 0.280. The number of aromatic nitrogens is 2. The van der Waals surface area contributed by atoms with Crippen molar-refractivity contribution in [1.82, 2.24) is 14.9 Å². The van der Waals surface area contributed by atoms with Crippen LogP contribution in [0.2, 0.25) is 0 Å². The molecule has 0 atom stereocenters. The summed E-state index contributed by atoms with van der Waals surface area (Å²) >= 11 is 0. The number of hydrazone groups is 1. The van der Waals surface area contributed by atoms with Gasteiger partial charge in [-0.05, 0) is 37.1 Å². The minimum atomic E-state index is -0.503. The van der Waals surface area contributed by atoms with E-state index in [-0.39, 0.29) is 11.5 Å². The van der Waals surface area contributed by atoms with Crippen LogP contribution in [0.4, 0.5) is 5.95 Å². The topological polar surface area (TPSA) is 97.2 Å². The van der Waals surface area contributed by atoms with Crippen LogP contribution in [0.3, 0.4) is 0 Å². The molecule has 3 aromatic rings. The van der Waals surface area contributed by atoms with Crippen molar-refractivity contribution in [3.05, 3.63) is 81.6 Å². The van der Waals surface area contributed by atoms with Crippen LogP contribution in [0.5, 0.6) is 0 Å². The van der Waals surface area contributed by atoms with Crippen molar-refractivity contribution < 1.29 is 0 Å². The van der Waals surface area contributed by atoms with Gasteiger partial charge in [-0.2, -0.15) is 10.4 Å². The lowest BCUT2D eigenvalue weighted by Crippen LogP contribution is -2.23. The quantitative estimate of drug-likeness (QED) is 0.456. The number of hydrogen-bond donors (Lipinski definition) is 2. The van der Waals surface area contributed by atoms with Crippen LogP contribution >= 0.6 is 0 Å². The van der Waals surface area contributed by atoms with Crippen molar-refractivity contribution in [3.63, 3.8) is 0 Å². The minimum Gasteiger partial charge on any atom is -0.299 e. The molecule has 162 valence electrons. The van der Waals surface area contributed by atoms with Gasteiger partial charge in [-0.25, -0.2) is 10.4 Å². The summed E-state index contributed by atoms with van der Waals surface area (Å²) in [6.07, 6.45) is 6.92. The molecule has 7 nitrogen and oxygen atoms in total. The molecule has 0 unspecified atom stereocenters. The molecule has 2 N–H and O–H groups in total. The number of aromatic amines is 1. The molecule has 0 saturated carbocycles. The van der Waals surface area contributed by atoms with Gasteiger partial charge in [-0.3, -0.25) is 14.7 Å². The van der Waals surface area contributed by atoms with E-state index < -0.39 is 5.56 Å². The summed E-state index contributed by atoms with van der Waals surface area (Å²) in [5, 5.41) is 13.6. The molecule has 1 aliphatic heterocycles. The molecule has 4 rings (SSSR count). The van der Waals surface area contributed by atoms with Gasteiger partial charge in [0.25, 0.3) is 5.56 Å². The summed E-state index contributed by atoms with van der Waals surface area (Å²) in [5.74, 6) is 0.182. The van der Waals surface area contributed by atoms with E-state index >= 15 is 0 Å². The standard InChI is InChI=1S/C25H26N6O/c26-16-22-23(21-8-4-3-5-9-21)28-25(29-24(22)32)30-27-17-19-10-12-20(13-11-19)18-31-14-6-1-2-7-15-31/h3-5,8-13,17H,1-2,6-7,14-15,18H2,(H2,28,29,30,32). The van der Waals surface area contributed by atoms with E-state index in [1.54, 1.807) is 6.21 Å². The zero-order chi connectivity index (χ0) is 22.2. The highest BCUT2D eigenvalue weighted by atomic mass is 16.1. The molecule has 0 radical (unpaired) electrons. The smallest absolute Gasteiger partial charge is 0.270 e. The summed E-state index contributed by atoms with van der Waals surface area (Å²) in [5.41, 5.74) is 5.50. The van der Waals surface area contributed by atoms with Gasteiger partial charge < -0.3 is 0 Å². The fourth-order valence-electron chi connectivity index (χ4n) is 3.86. The Kier molecular flexibility index (Phi) is 7.05. The van der Waals surface area contributed by atoms with Crippen LogP contribution in [-0.4, -0.2) is 34.2 Å². The Bertz CT molecular complexity index is 1150. The number of nitrogens with zero attached hydrogens (tertiary/aromatic N) is 4. The predicted octanol–water partition coefficient (Wildman–Crippen LogP) is 4.13. The van der Waals surface area contributed by atoms with Crippen LogP contribution in [0.1, 0.15) is 42.4 Å². The van der Waals surface area contributed by atoms with Gasteiger partial charge >= 0.3 is 0 Å². The number of benzene rings is 2. The summed E-state index contributed by atoms with van der Waals surface area (Å²) < 4.78 is 0. The Balaban J connectivity index is 1.43. The third kappa shape index (κ3) is 5.48. The molecule has 0 aliphatic carbocycles. The van der Waals surface area contributed by atoms with Crippen molar-refractivity contribution in [2.24, 2.45) is 5.10 Å². The number of likely N-dealkylation sites (tertiary alicyclic amines) is 1. The van der Waals surface area contributed by atoms with E-state index in [2.05, 4.69) is 37.5 Å². The highest BCUT2D eigenvalue weighted by molar-refractivity contribution is 5.80. The van der Waals surface area contributed by atoms with Crippen LogP contribution in [0.15, 0.2) is 64.5 Å². The predicted molar refractivity (Wildman–Crippen MR) is 126 cm³/mol. The molecular weight excluding hydrogens is 400 g/mol. The average molecular weight is 427 g/mol. The Morgan fingerprint density at radius 2 is 1.78 bits per heavy atom. The third-order valence-electron chi connectivity index (χ3n) is 5.55. The zero-order valence-electron chi connectivity index (χ0n) is 17.9. The van der Waals surface area contributed by atoms with E-state index in [4.69, 9.17) is 0 Å². The average Bonchev–Trinajstić information content (AvgIpc) is 3.09. The maximum absolute atomic E-state index is 12.3. The Hall–Kier alpha value is -3.76. The number of H-pyrrole nitrogens is 1. The maximum Gasteiger partial charge on any atom is 0.270 e. The van der Waals surface area contributed by atoms with E-state index in [1.807, 2.05) is 48.5 Å². The number of nitrogens with one attached hydrogen (secondary N) is 2. The molecule has 1 fully saturated rings.